The molecule has 21 heavy (non-hydrogen) atoms. The van der Waals surface area contributed by atoms with Crippen molar-refractivity contribution in [3.8, 4) is 0 Å². The maximum atomic E-state index is 12.4. The molecule has 0 aliphatic carbocycles. The molecule has 3 aromatic rings. The Bertz CT molecular complexity index is 836. The van der Waals surface area contributed by atoms with Crippen LogP contribution >= 0.6 is 11.3 Å². The van der Waals surface area contributed by atoms with Crippen LogP contribution in [0.5, 0.6) is 0 Å². The smallest absolute Gasteiger partial charge is 0.267 e. The number of amides is 1. The van der Waals surface area contributed by atoms with Gasteiger partial charge < -0.3 is 11.1 Å². The molecule has 0 aliphatic rings. The molecule has 3 N–H and O–H groups in total. The van der Waals surface area contributed by atoms with Gasteiger partial charge in [-0.15, -0.1) is 11.3 Å². The van der Waals surface area contributed by atoms with Gasteiger partial charge in [0.25, 0.3) is 5.91 Å². The van der Waals surface area contributed by atoms with E-state index >= 15 is 0 Å². The number of rotatable bonds is 2. The molecule has 0 saturated heterocycles. The Labute approximate surface area is 127 Å². The van der Waals surface area contributed by atoms with Gasteiger partial charge in [0.1, 0.15) is 4.88 Å². The van der Waals surface area contributed by atoms with Crippen molar-refractivity contribution in [3.05, 3.63) is 58.5 Å². The molecule has 0 atom stereocenters. The molecular formula is C17H16N2OS. The fraction of sp³-hybridized carbons (Fsp3) is 0.118. The van der Waals surface area contributed by atoms with Gasteiger partial charge in [-0.1, -0.05) is 24.3 Å². The first-order valence-electron chi connectivity index (χ1n) is 6.71. The van der Waals surface area contributed by atoms with Gasteiger partial charge >= 0.3 is 0 Å². The van der Waals surface area contributed by atoms with Gasteiger partial charge in [0.2, 0.25) is 0 Å². The van der Waals surface area contributed by atoms with Gasteiger partial charge in [0.05, 0.1) is 5.69 Å². The number of nitrogen functional groups attached to an aromatic ring is 1. The molecular weight excluding hydrogens is 280 g/mol. The summed E-state index contributed by atoms with van der Waals surface area (Å²) in [5.41, 5.74) is 9.73. The number of anilines is 2. The number of benzene rings is 2. The van der Waals surface area contributed by atoms with Crippen LogP contribution in [0, 0.1) is 13.8 Å². The van der Waals surface area contributed by atoms with Gasteiger partial charge in [-0.05, 0) is 43.2 Å². The lowest BCUT2D eigenvalue weighted by Gasteiger charge is -2.05. The summed E-state index contributed by atoms with van der Waals surface area (Å²) in [4.78, 5) is 13.0. The summed E-state index contributed by atoms with van der Waals surface area (Å²) in [6, 6.07) is 13.8. The molecule has 0 bridgehead atoms. The molecule has 0 fully saturated rings. The number of hydrogen-bond acceptors (Lipinski definition) is 3. The minimum atomic E-state index is -0.156. The molecule has 0 spiro atoms. The first-order chi connectivity index (χ1) is 10.0. The third-order valence-corrected chi connectivity index (χ3v) is 4.53. The number of carbonyl (C=O) groups excluding carboxylic acids is 1. The van der Waals surface area contributed by atoms with Crippen molar-refractivity contribution in [1.82, 2.24) is 0 Å². The summed E-state index contributed by atoms with van der Waals surface area (Å²) in [6.07, 6.45) is 0. The standard InChI is InChI=1S/C17H16N2OS/c1-10-4-3-5-12(8-10)19-17(20)16-15(18)13-7-6-11(2)9-14(13)21-16/h3-9H,18H2,1-2H3,(H,19,20). The van der Waals surface area contributed by atoms with Crippen LogP contribution in [-0.2, 0) is 0 Å². The third-order valence-electron chi connectivity index (χ3n) is 3.37. The highest BCUT2D eigenvalue weighted by Gasteiger charge is 2.16. The maximum absolute atomic E-state index is 12.4. The fourth-order valence-corrected chi connectivity index (χ4v) is 3.42. The first kappa shape index (κ1) is 13.6. The summed E-state index contributed by atoms with van der Waals surface area (Å²) in [7, 11) is 0. The number of fused-ring (bicyclic) bond motifs is 1. The Hall–Kier alpha value is -2.33. The number of carbonyl (C=O) groups is 1. The highest BCUT2D eigenvalue weighted by Crippen LogP contribution is 2.34. The number of hydrogen-bond donors (Lipinski definition) is 2. The Morgan fingerprint density at radius 3 is 2.62 bits per heavy atom. The average molecular weight is 296 g/mol. The second-order valence-corrected chi connectivity index (χ2v) is 6.22. The molecule has 0 saturated carbocycles. The molecule has 1 aromatic heterocycles. The molecule has 2 aromatic carbocycles. The Morgan fingerprint density at radius 2 is 1.86 bits per heavy atom. The second kappa shape index (κ2) is 5.22. The van der Waals surface area contributed by atoms with E-state index in [2.05, 4.69) is 11.4 Å². The van der Waals surface area contributed by atoms with E-state index in [0.29, 0.717) is 10.6 Å². The van der Waals surface area contributed by atoms with Crippen molar-refractivity contribution < 1.29 is 4.79 Å². The van der Waals surface area contributed by atoms with Crippen molar-refractivity contribution in [2.24, 2.45) is 0 Å². The largest absolute Gasteiger partial charge is 0.397 e. The predicted octanol–water partition coefficient (Wildman–Crippen LogP) is 4.35. The van der Waals surface area contributed by atoms with Crippen molar-refractivity contribution in [3.63, 3.8) is 0 Å². The summed E-state index contributed by atoms with van der Waals surface area (Å²) in [5.74, 6) is -0.156. The van der Waals surface area contributed by atoms with Crippen molar-refractivity contribution in [2.45, 2.75) is 13.8 Å². The van der Waals surface area contributed by atoms with E-state index in [-0.39, 0.29) is 5.91 Å². The molecule has 0 radical (unpaired) electrons. The van der Waals surface area contributed by atoms with Crippen LogP contribution in [0.4, 0.5) is 11.4 Å². The Balaban J connectivity index is 1.96. The SMILES string of the molecule is Cc1cccc(NC(=O)c2sc3cc(C)ccc3c2N)c1. The van der Waals surface area contributed by atoms with Crippen molar-refractivity contribution in [2.75, 3.05) is 11.1 Å². The number of thiophene rings is 1. The van der Waals surface area contributed by atoms with Crippen LogP contribution in [0.2, 0.25) is 0 Å². The average Bonchev–Trinajstić information content (AvgIpc) is 2.75. The van der Waals surface area contributed by atoms with Gasteiger partial charge in [-0.2, -0.15) is 0 Å². The summed E-state index contributed by atoms with van der Waals surface area (Å²) in [5, 5.41) is 3.85. The zero-order valence-corrected chi connectivity index (χ0v) is 12.8. The predicted molar refractivity (Wildman–Crippen MR) is 90.1 cm³/mol. The van der Waals surface area contributed by atoms with Gasteiger partial charge in [-0.3, -0.25) is 4.79 Å². The highest BCUT2D eigenvalue weighted by atomic mass is 32.1. The highest BCUT2D eigenvalue weighted by molar-refractivity contribution is 7.21. The topological polar surface area (TPSA) is 55.1 Å². The monoisotopic (exact) mass is 296 g/mol. The summed E-state index contributed by atoms with van der Waals surface area (Å²) >= 11 is 1.43. The van der Waals surface area contributed by atoms with Crippen LogP contribution in [0.1, 0.15) is 20.8 Å². The molecule has 106 valence electrons. The van der Waals surface area contributed by atoms with Crippen molar-refractivity contribution >= 4 is 38.7 Å². The second-order valence-electron chi connectivity index (χ2n) is 5.17. The number of aryl methyl sites for hydroxylation is 2. The minimum absolute atomic E-state index is 0.156. The van der Waals surface area contributed by atoms with Crippen LogP contribution < -0.4 is 11.1 Å². The van der Waals surface area contributed by atoms with E-state index in [4.69, 9.17) is 5.73 Å². The van der Waals surface area contributed by atoms with E-state index in [0.717, 1.165) is 26.9 Å². The normalized spacial score (nSPS) is 10.8. The third kappa shape index (κ3) is 2.62. The Kier molecular flexibility index (Phi) is 3.39. The molecule has 3 rings (SSSR count). The zero-order valence-electron chi connectivity index (χ0n) is 11.9. The summed E-state index contributed by atoms with van der Waals surface area (Å²) < 4.78 is 1.04. The van der Waals surface area contributed by atoms with E-state index in [9.17, 15) is 4.79 Å². The number of nitrogens with one attached hydrogen (secondary N) is 1. The van der Waals surface area contributed by atoms with E-state index < -0.39 is 0 Å². The van der Waals surface area contributed by atoms with Crippen molar-refractivity contribution in [1.29, 1.82) is 0 Å². The minimum Gasteiger partial charge on any atom is -0.397 e. The van der Waals surface area contributed by atoms with E-state index in [1.807, 2.05) is 50.2 Å². The fourth-order valence-electron chi connectivity index (χ4n) is 2.30. The molecule has 0 aliphatic heterocycles. The lowest BCUT2D eigenvalue weighted by Crippen LogP contribution is -2.11. The molecule has 3 nitrogen and oxygen atoms in total. The lowest BCUT2D eigenvalue weighted by molar-refractivity contribution is 0.103. The van der Waals surface area contributed by atoms with Crippen LogP contribution in [0.3, 0.4) is 0 Å². The van der Waals surface area contributed by atoms with E-state index in [1.165, 1.54) is 11.3 Å². The molecule has 1 heterocycles. The maximum Gasteiger partial charge on any atom is 0.267 e. The van der Waals surface area contributed by atoms with Gasteiger partial charge in [0, 0.05) is 15.8 Å². The lowest BCUT2D eigenvalue weighted by atomic mass is 10.1. The molecule has 0 unspecified atom stereocenters. The van der Waals surface area contributed by atoms with Gasteiger partial charge in [-0.25, -0.2) is 0 Å². The van der Waals surface area contributed by atoms with E-state index in [1.54, 1.807) is 0 Å². The van der Waals surface area contributed by atoms with Gasteiger partial charge in [0.15, 0.2) is 0 Å². The zero-order chi connectivity index (χ0) is 15.0. The summed E-state index contributed by atoms with van der Waals surface area (Å²) in [6.45, 7) is 4.02. The van der Waals surface area contributed by atoms with Crippen LogP contribution in [-0.4, -0.2) is 5.91 Å². The van der Waals surface area contributed by atoms with Crippen LogP contribution in [0.15, 0.2) is 42.5 Å². The number of nitrogens with two attached hydrogens (primary N) is 1. The van der Waals surface area contributed by atoms with Crippen LogP contribution in [0.25, 0.3) is 10.1 Å². The molecule has 1 amide bonds. The first-order valence-corrected chi connectivity index (χ1v) is 7.53. The molecule has 4 heteroatoms. The quantitative estimate of drug-likeness (QED) is 0.738. The Morgan fingerprint density at radius 1 is 1.10 bits per heavy atom.